The zero-order valence-corrected chi connectivity index (χ0v) is 19.7. The highest BCUT2D eigenvalue weighted by Gasteiger charge is 2.21. The van der Waals surface area contributed by atoms with Crippen LogP contribution in [0.15, 0.2) is 74.9 Å². The van der Waals surface area contributed by atoms with E-state index in [-0.39, 0.29) is 34.0 Å². The first-order chi connectivity index (χ1) is 14.7. The molecule has 0 aliphatic rings. The van der Waals surface area contributed by atoms with Gasteiger partial charge in [-0.05, 0) is 60.9 Å². The number of halogens is 1. The van der Waals surface area contributed by atoms with Gasteiger partial charge in [0.25, 0.3) is 5.91 Å². The second kappa shape index (κ2) is 10.4. The molecule has 8 heteroatoms. The molecule has 31 heavy (non-hydrogen) atoms. The molecule has 5 nitrogen and oxygen atoms in total. The van der Waals surface area contributed by atoms with E-state index in [9.17, 15) is 13.2 Å². The normalized spacial score (nSPS) is 12.5. The van der Waals surface area contributed by atoms with Gasteiger partial charge in [-0.25, -0.2) is 8.42 Å². The lowest BCUT2D eigenvalue weighted by molar-refractivity contribution is 0.0920. The summed E-state index contributed by atoms with van der Waals surface area (Å²) in [6.45, 7) is 4.28. The summed E-state index contributed by atoms with van der Waals surface area (Å²) < 4.78 is 30.8. The lowest BCUT2D eigenvalue weighted by Gasteiger charge is -2.11. The highest BCUT2D eigenvalue weighted by atomic mass is 35.5. The Morgan fingerprint density at radius 2 is 1.81 bits per heavy atom. The zero-order chi connectivity index (χ0) is 22.4. The van der Waals surface area contributed by atoms with Gasteiger partial charge in [-0.2, -0.15) is 0 Å². The van der Waals surface area contributed by atoms with Crippen LogP contribution in [0.3, 0.4) is 0 Å². The molecule has 0 aliphatic heterocycles. The Bertz CT molecular complexity index is 1140. The zero-order valence-electron chi connectivity index (χ0n) is 17.3. The van der Waals surface area contributed by atoms with Crippen LogP contribution in [0.4, 0.5) is 0 Å². The molecule has 0 unspecified atom stereocenters. The third-order valence-electron chi connectivity index (χ3n) is 4.61. The molecule has 0 aliphatic carbocycles. The Kier molecular flexibility index (Phi) is 7.86. The standard InChI is InChI=1S/C23H24ClNO4S2/c1-16(14-30-20-10-7-18(24)8-11-20)13-25-23(26)21-12-9-19(29-21)15-31(27,28)22-6-4-3-5-17(22)2/h3-12,16H,13-15H2,1-2H3,(H,25,26)/t16-/m1/s1. The third kappa shape index (κ3) is 6.63. The first-order valence-electron chi connectivity index (χ1n) is 9.78. The van der Waals surface area contributed by atoms with Crippen LogP contribution in [0.1, 0.15) is 28.8 Å². The molecule has 1 aromatic heterocycles. The Labute approximate surface area is 192 Å². The van der Waals surface area contributed by atoms with Crippen LogP contribution in [0, 0.1) is 12.8 Å². The van der Waals surface area contributed by atoms with Crippen LogP contribution in [-0.4, -0.2) is 26.6 Å². The maximum absolute atomic E-state index is 12.7. The van der Waals surface area contributed by atoms with Crippen LogP contribution >= 0.6 is 23.4 Å². The minimum Gasteiger partial charge on any atom is -0.455 e. The van der Waals surface area contributed by atoms with E-state index in [4.69, 9.17) is 16.0 Å². The van der Waals surface area contributed by atoms with Gasteiger partial charge < -0.3 is 9.73 Å². The first-order valence-corrected chi connectivity index (χ1v) is 12.8. The molecule has 3 rings (SSSR count). The number of sulfone groups is 1. The van der Waals surface area contributed by atoms with Crippen LogP contribution in [-0.2, 0) is 15.6 Å². The number of hydrogen-bond donors (Lipinski definition) is 1. The van der Waals surface area contributed by atoms with Crippen LogP contribution in [0.5, 0.6) is 0 Å². The molecular weight excluding hydrogens is 454 g/mol. The minimum absolute atomic E-state index is 0.104. The van der Waals surface area contributed by atoms with Gasteiger partial charge >= 0.3 is 0 Å². The van der Waals surface area contributed by atoms with E-state index in [1.807, 2.05) is 31.2 Å². The summed E-state index contributed by atoms with van der Waals surface area (Å²) in [6, 6.07) is 17.5. The van der Waals surface area contributed by atoms with Gasteiger partial charge in [0.15, 0.2) is 15.6 Å². The summed E-state index contributed by atoms with van der Waals surface area (Å²) in [5.74, 6) is 0.759. The predicted octanol–water partition coefficient (Wildman–Crippen LogP) is 5.37. The van der Waals surface area contributed by atoms with E-state index in [0.717, 1.165) is 10.6 Å². The lowest BCUT2D eigenvalue weighted by Crippen LogP contribution is -2.28. The van der Waals surface area contributed by atoms with Gasteiger partial charge in [0.1, 0.15) is 11.5 Å². The summed E-state index contributed by atoms with van der Waals surface area (Å²) >= 11 is 7.59. The van der Waals surface area contributed by atoms with Crippen molar-refractivity contribution in [2.24, 2.45) is 5.92 Å². The number of nitrogens with one attached hydrogen (secondary N) is 1. The van der Waals surface area contributed by atoms with E-state index in [0.29, 0.717) is 17.1 Å². The van der Waals surface area contributed by atoms with Crippen LogP contribution in [0.25, 0.3) is 0 Å². The highest BCUT2D eigenvalue weighted by molar-refractivity contribution is 7.99. The maximum Gasteiger partial charge on any atom is 0.287 e. The molecule has 0 spiro atoms. The van der Waals surface area contributed by atoms with Gasteiger partial charge in [0, 0.05) is 22.2 Å². The van der Waals surface area contributed by atoms with Crippen molar-refractivity contribution in [2.75, 3.05) is 12.3 Å². The maximum atomic E-state index is 12.7. The fourth-order valence-electron chi connectivity index (χ4n) is 2.93. The number of carbonyl (C=O) groups excluding carboxylic acids is 1. The topological polar surface area (TPSA) is 76.4 Å². The summed E-state index contributed by atoms with van der Waals surface area (Å²) in [4.78, 5) is 13.8. The number of furan rings is 1. The second-order valence-corrected chi connectivity index (χ2v) is 10.9. The molecule has 0 radical (unpaired) electrons. The summed E-state index contributed by atoms with van der Waals surface area (Å²) in [5.41, 5.74) is 0.678. The van der Waals surface area contributed by atoms with Crippen molar-refractivity contribution < 1.29 is 17.6 Å². The molecule has 1 N–H and O–H groups in total. The van der Waals surface area contributed by atoms with Crippen molar-refractivity contribution in [2.45, 2.75) is 29.4 Å². The molecule has 0 fully saturated rings. The Morgan fingerprint density at radius 3 is 2.52 bits per heavy atom. The van der Waals surface area contributed by atoms with Gasteiger partial charge in [0.05, 0.1) is 4.90 Å². The van der Waals surface area contributed by atoms with Crippen molar-refractivity contribution in [3.63, 3.8) is 0 Å². The fourth-order valence-corrected chi connectivity index (χ4v) is 5.51. The number of benzene rings is 2. The molecule has 0 saturated carbocycles. The van der Waals surface area contributed by atoms with E-state index in [2.05, 4.69) is 5.32 Å². The summed E-state index contributed by atoms with van der Waals surface area (Å²) in [5, 5.41) is 3.55. The number of aryl methyl sites for hydroxylation is 1. The lowest BCUT2D eigenvalue weighted by atomic mass is 10.2. The molecular formula is C23H24ClNO4S2. The molecule has 0 bridgehead atoms. The number of rotatable bonds is 9. The Balaban J connectivity index is 1.51. The average molecular weight is 478 g/mol. The molecule has 3 aromatic rings. The van der Waals surface area contributed by atoms with Crippen molar-refractivity contribution in [1.82, 2.24) is 5.32 Å². The first kappa shape index (κ1) is 23.4. The fraction of sp³-hybridized carbons (Fsp3) is 0.261. The Morgan fingerprint density at radius 1 is 1.10 bits per heavy atom. The van der Waals surface area contributed by atoms with Crippen molar-refractivity contribution in [3.05, 3.63) is 82.8 Å². The largest absolute Gasteiger partial charge is 0.455 e. The molecule has 164 valence electrons. The Hall–Kier alpha value is -2.22. The third-order valence-corrected chi connectivity index (χ3v) is 7.99. The van der Waals surface area contributed by atoms with Crippen molar-refractivity contribution in [1.29, 1.82) is 0 Å². The number of thioether (sulfide) groups is 1. The summed E-state index contributed by atoms with van der Waals surface area (Å²) in [7, 11) is -3.56. The monoisotopic (exact) mass is 477 g/mol. The van der Waals surface area contributed by atoms with E-state index >= 15 is 0 Å². The quantitative estimate of drug-likeness (QED) is 0.419. The number of carbonyl (C=O) groups is 1. The smallest absolute Gasteiger partial charge is 0.287 e. The van der Waals surface area contributed by atoms with Gasteiger partial charge in [-0.3, -0.25) is 4.79 Å². The molecule has 0 saturated heterocycles. The van der Waals surface area contributed by atoms with E-state index < -0.39 is 9.84 Å². The summed E-state index contributed by atoms with van der Waals surface area (Å²) in [6.07, 6.45) is 0. The van der Waals surface area contributed by atoms with Crippen molar-refractivity contribution in [3.8, 4) is 0 Å². The predicted molar refractivity (Wildman–Crippen MR) is 124 cm³/mol. The highest BCUT2D eigenvalue weighted by Crippen LogP contribution is 2.23. The molecule has 1 amide bonds. The van der Waals surface area contributed by atoms with E-state index in [1.54, 1.807) is 43.0 Å². The number of hydrogen-bond acceptors (Lipinski definition) is 5. The van der Waals surface area contributed by atoms with Gasteiger partial charge in [-0.15, -0.1) is 11.8 Å². The van der Waals surface area contributed by atoms with Gasteiger partial charge in [-0.1, -0.05) is 36.7 Å². The van der Waals surface area contributed by atoms with Crippen LogP contribution < -0.4 is 5.32 Å². The molecule has 1 heterocycles. The number of amides is 1. The minimum atomic E-state index is -3.56. The SMILES string of the molecule is Cc1ccccc1S(=O)(=O)Cc1ccc(C(=O)NC[C@@H](C)CSc2ccc(Cl)cc2)o1. The second-order valence-electron chi connectivity index (χ2n) is 7.37. The van der Waals surface area contributed by atoms with Crippen LogP contribution in [0.2, 0.25) is 5.02 Å². The van der Waals surface area contributed by atoms with Crippen molar-refractivity contribution >= 4 is 39.1 Å². The molecule has 1 atom stereocenters. The average Bonchev–Trinajstić information content (AvgIpc) is 3.19. The van der Waals surface area contributed by atoms with Gasteiger partial charge in [0.2, 0.25) is 0 Å². The molecule has 2 aromatic carbocycles. The van der Waals surface area contributed by atoms with E-state index in [1.165, 1.54) is 12.1 Å².